The van der Waals surface area contributed by atoms with E-state index in [0.29, 0.717) is 17.4 Å². The molecule has 1 aliphatic heterocycles. The van der Waals surface area contributed by atoms with Gasteiger partial charge in [-0.1, -0.05) is 17.8 Å². The highest BCUT2D eigenvalue weighted by Gasteiger charge is 2.30. The van der Waals surface area contributed by atoms with Crippen molar-refractivity contribution in [2.45, 2.75) is 29.8 Å². The van der Waals surface area contributed by atoms with Gasteiger partial charge in [-0.25, -0.2) is 13.4 Å². The number of aromatic nitrogens is 3. The lowest BCUT2D eigenvalue weighted by atomic mass is 10.2. The van der Waals surface area contributed by atoms with Crippen LogP contribution >= 0.6 is 23.1 Å². The van der Waals surface area contributed by atoms with Gasteiger partial charge in [0.25, 0.3) is 0 Å². The molecule has 1 aliphatic rings. The summed E-state index contributed by atoms with van der Waals surface area (Å²) in [6, 6.07) is 3.58. The second-order valence-corrected chi connectivity index (χ2v) is 9.80. The fourth-order valence-electron chi connectivity index (χ4n) is 2.26. The van der Waals surface area contributed by atoms with Crippen LogP contribution in [0.5, 0.6) is 0 Å². The second kappa shape index (κ2) is 6.62. The molecule has 7 nitrogen and oxygen atoms in total. The van der Waals surface area contributed by atoms with E-state index in [9.17, 15) is 13.2 Å². The molecule has 0 saturated carbocycles. The first-order valence-corrected chi connectivity index (χ1v) is 10.6. The highest BCUT2D eigenvalue weighted by molar-refractivity contribution is 8.00. The van der Waals surface area contributed by atoms with Crippen LogP contribution in [0.1, 0.15) is 13.3 Å². The zero-order chi connectivity index (χ0) is 16.4. The highest BCUT2D eigenvalue weighted by atomic mass is 32.2. The summed E-state index contributed by atoms with van der Waals surface area (Å²) in [5.74, 6) is 0.653. The quantitative estimate of drug-likeness (QED) is 0.767. The van der Waals surface area contributed by atoms with Crippen LogP contribution in [-0.2, 0) is 14.6 Å². The van der Waals surface area contributed by atoms with Crippen molar-refractivity contribution in [2.24, 2.45) is 0 Å². The molecular formula is C13H16N4O3S3. The molecule has 0 bridgehead atoms. The Bertz CT molecular complexity index is 785. The molecule has 3 rings (SSSR count). The molecule has 1 saturated heterocycles. The van der Waals surface area contributed by atoms with Gasteiger partial charge in [-0.2, -0.15) is 0 Å². The largest absolute Gasteiger partial charge is 0.351 e. The molecule has 2 aromatic heterocycles. The molecule has 3 heterocycles. The number of nitrogens with zero attached hydrogens (tertiary/aromatic N) is 2. The van der Waals surface area contributed by atoms with Crippen LogP contribution in [0.15, 0.2) is 22.7 Å². The van der Waals surface area contributed by atoms with Crippen LogP contribution in [-0.4, -0.2) is 52.3 Å². The number of H-pyrrole nitrogens is 1. The normalized spacial score (nSPS) is 21.2. The molecule has 0 aromatic carbocycles. The number of hydrogen-bond acceptors (Lipinski definition) is 7. The Morgan fingerprint density at radius 3 is 3.04 bits per heavy atom. The van der Waals surface area contributed by atoms with Gasteiger partial charge in [-0.15, -0.1) is 16.4 Å². The Balaban J connectivity index is 1.56. The van der Waals surface area contributed by atoms with Crippen molar-refractivity contribution in [3.05, 3.63) is 17.5 Å². The van der Waals surface area contributed by atoms with Gasteiger partial charge in [0.1, 0.15) is 0 Å². The average Bonchev–Trinajstić information content (AvgIpc) is 3.19. The number of sulfone groups is 1. The standard InChI is InChI=1S/C13H16N4O3S3/c1-8(12(18)14-9-4-6-23(19,20)7-9)22-13-15-11(16-17-13)10-3-2-5-21-10/h2-3,5,8-9H,4,6-7H2,1H3,(H,14,18)(H,15,16,17)/t8-,9+/m0/s1. The van der Waals surface area contributed by atoms with Crippen molar-refractivity contribution in [3.63, 3.8) is 0 Å². The van der Waals surface area contributed by atoms with Crippen LogP contribution in [0.25, 0.3) is 10.7 Å². The van der Waals surface area contributed by atoms with E-state index in [2.05, 4.69) is 20.5 Å². The number of thioether (sulfide) groups is 1. The van der Waals surface area contributed by atoms with Crippen molar-refractivity contribution in [2.75, 3.05) is 11.5 Å². The van der Waals surface area contributed by atoms with E-state index in [1.807, 2.05) is 17.5 Å². The van der Waals surface area contributed by atoms with E-state index in [1.54, 1.807) is 18.3 Å². The first kappa shape index (κ1) is 16.5. The third kappa shape index (κ3) is 4.12. The maximum absolute atomic E-state index is 12.2. The minimum absolute atomic E-state index is 0.0271. The van der Waals surface area contributed by atoms with Crippen LogP contribution in [0.3, 0.4) is 0 Å². The monoisotopic (exact) mass is 372 g/mol. The van der Waals surface area contributed by atoms with Gasteiger partial charge in [0.05, 0.1) is 21.6 Å². The third-order valence-electron chi connectivity index (χ3n) is 3.45. The fraction of sp³-hybridized carbons (Fsp3) is 0.462. The van der Waals surface area contributed by atoms with Crippen LogP contribution in [0, 0.1) is 0 Å². The smallest absolute Gasteiger partial charge is 0.233 e. The number of aromatic amines is 1. The Morgan fingerprint density at radius 1 is 1.57 bits per heavy atom. The molecule has 2 aromatic rings. The van der Waals surface area contributed by atoms with Gasteiger partial charge in [-0.3, -0.25) is 9.89 Å². The van der Waals surface area contributed by atoms with Gasteiger partial charge in [0, 0.05) is 6.04 Å². The van der Waals surface area contributed by atoms with Gasteiger partial charge < -0.3 is 5.32 Å². The molecule has 1 amide bonds. The number of nitrogens with one attached hydrogen (secondary N) is 2. The second-order valence-electron chi connectivity index (χ2n) is 5.31. The summed E-state index contributed by atoms with van der Waals surface area (Å²) in [7, 11) is -3.00. The van der Waals surface area contributed by atoms with Crippen LogP contribution < -0.4 is 5.32 Å². The van der Waals surface area contributed by atoms with Crippen LogP contribution in [0.2, 0.25) is 0 Å². The number of carbonyl (C=O) groups is 1. The van der Waals surface area contributed by atoms with Gasteiger partial charge >= 0.3 is 0 Å². The van der Waals surface area contributed by atoms with Gasteiger partial charge in [-0.05, 0) is 24.8 Å². The van der Waals surface area contributed by atoms with E-state index >= 15 is 0 Å². The third-order valence-corrected chi connectivity index (χ3v) is 7.06. The predicted octanol–water partition coefficient (Wildman–Crippen LogP) is 1.32. The van der Waals surface area contributed by atoms with Crippen molar-refractivity contribution < 1.29 is 13.2 Å². The lowest BCUT2D eigenvalue weighted by molar-refractivity contribution is -0.120. The molecule has 2 atom stereocenters. The topological polar surface area (TPSA) is 105 Å². The maximum Gasteiger partial charge on any atom is 0.233 e. The number of carbonyl (C=O) groups excluding carboxylic acids is 1. The number of amides is 1. The molecular weight excluding hydrogens is 356 g/mol. The SMILES string of the molecule is C[C@H](Sc1n[nH]c(-c2cccs2)n1)C(=O)N[C@@H]1CCS(=O)(=O)C1. The van der Waals surface area contributed by atoms with Crippen molar-refractivity contribution in [1.29, 1.82) is 0 Å². The number of rotatable bonds is 5. The molecule has 124 valence electrons. The highest BCUT2D eigenvalue weighted by Crippen LogP contribution is 2.25. The Morgan fingerprint density at radius 2 is 2.39 bits per heavy atom. The van der Waals surface area contributed by atoms with E-state index < -0.39 is 15.1 Å². The summed E-state index contributed by atoms with van der Waals surface area (Å²) in [4.78, 5) is 17.5. The first-order valence-electron chi connectivity index (χ1n) is 7.07. The summed E-state index contributed by atoms with van der Waals surface area (Å²) >= 11 is 2.80. The minimum atomic E-state index is -3.00. The number of thiophene rings is 1. The zero-order valence-corrected chi connectivity index (χ0v) is 14.8. The zero-order valence-electron chi connectivity index (χ0n) is 12.4. The van der Waals surface area contributed by atoms with Crippen molar-refractivity contribution >= 4 is 38.8 Å². The first-order chi connectivity index (χ1) is 10.9. The molecule has 0 radical (unpaired) electrons. The average molecular weight is 372 g/mol. The summed E-state index contributed by atoms with van der Waals surface area (Å²) in [5, 5.41) is 11.8. The molecule has 1 fully saturated rings. The van der Waals surface area contributed by atoms with E-state index in [0.717, 1.165) is 4.88 Å². The van der Waals surface area contributed by atoms with Crippen LogP contribution in [0.4, 0.5) is 0 Å². The fourth-order valence-corrected chi connectivity index (χ4v) is 5.33. The summed E-state index contributed by atoms with van der Waals surface area (Å²) in [6.45, 7) is 1.75. The Kier molecular flexibility index (Phi) is 4.74. The molecule has 10 heteroatoms. The summed E-state index contributed by atoms with van der Waals surface area (Å²) in [5.41, 5.74) is 0. The van der Waals surface area contributed by atoms with E-state index in [-0.39, 0.29) is 23.5 Å². The lowest BCUT2D eigenvalue weighted by Gasteiger charge is -2.14. The minimum Gasteiger partial charge on any atom is -0.351 e. The van der Waals surface area contributed by atoms with Gasteiger partial charge in [0.2, 0.25) is 11.1 Å². The Labute approximate surface area is 142 Å². The summed E-state index contributed by atoms with van der Waals surface area (Å²) < 4.78 is 22.8. The van der Waals surface area contributed by atoms with Crippen molar-refractivity contribution in [1.82, 2.24) is 20.5 Å². The maximum atomic E-state index is 12.2. The number of hydrogen-bond donors (Lipinski definition) is 2. The molecule has 0 aliphatic carbocycles. The van der Waals surface area contributed by atoms with Gasteiger partial charge in [0.15, 0.2) is 15.7 Å². The lowest BCUT2D eigenvalue weighted by Crippen LogP contribution is -2.39. The molecule has 23 heavy (non-hydrogen) atoms. The predicted molar refractivity (Wildman–Crippen MR) is 90.2 cm³/mol. The Hall–Kier alpha value is -1.39. The molecule has 0 spiro atoms. The van der Waals surface area contributed by atoms with E-state index in [1.165, 1.54) is 11.8 Å². The molecule has 0 unspecified atom stereocenters. The summed E-state index contributed by atoms with van der Waals surface area (Å²) in [6.07, 6.45) is 0.481. The van der Waals surface area contributed by atoms with Crippen molar-refractivity contribution in [3.8, 4) is 10.7 Å². The molecule has 2 N–H and O–H groups in total. The van der Waals surface area contributed by atoms with E-state index in [4.69, 9.17) is 0 Å².